The van der Waals surface area contributed by atoms with Crippen molar-refractivity contribution in [2.45, 2.75) is 38.7 Å². The van der Waals surface area contributed by atoms with Crippen LogP contribution in [-0.4, -0.2) is 46.6 Å². The van der Waals surface area contributed by atoms with E-state index in [1.54, 1.807) is 13.0 Å². The van der Waals surface area contributed by atoms with E-state index in [-0.39, 0.29) is 12.5 Å². The summed E-state index contributed by atoms with van der Waals surface area (Å²) in [5, 5.41) is 21.1. The number of nitrogens with zero attached hydrogens (tertiary/aromatic N) is 2. The third-order valence-corrected chi connectivity index (χ3v) is 3.57. The molecule has 1 amide bonds. The van der Waals surface area contributed by atoms with Gasteiger partial charge in [0.2, 0.25) is 0 Å². The highest BCUT2D eigenvalue weighted by molar-refractivity contribution is 5.95. The molecule has 2 rings (SSSR count). The number of carbonyl (C=O) groups excluding carboxylic acids is 1. The van der Waals surface area contributed by atoms with Gasteiger partial charge in [0.1, 0.15) is 0 Å². The Hall–Kier alpha value is -1.53. The van der Waals surface area contributed by atoms with Crippen LogP contribution < -0.4 is 5.32 Å². The SMILES string of the molecule is CCc1nnc(C)cc1C(=O)NCC1(O)CCOCC1. The first-order valence-electron chi connectivity index (χ1n) is 6.95. The highest BCUT2D eigenvalue weighted by atomic mass is 16.5. The summed E-state index contributed by atoms with van der Waals surface area (Å²) in [5.41, 5.74) is 1.05. The molecule has 20 heavy (non-hydrogen) atoms. The van der Waals surface area contributed by atoms with Crippen molar-refractivity contribution in [3.05, 3.63) is 23.0 Å². The van der Waals surface area contributed by atoms with Crippen LogP contribution >= 0.6 is 0 Å². The Bertz CT molecular complexity index is 485. The molecule has 0 unspecified atom stereocenters. The van der Waals surface area contributed by atoms with Crippen LogP contribution in [0.25, 0.3) is 0 Å². The van der Waals surface area contributed by atoms with Crippen molar-refractivity contribution in [3.8, 4) is 0 Å². The largest absolute Gasteiger partial charge is 0.388 e. The summed E-state index contributed by atoms with van der Waals surface area (Å²) in [6.07, 6.45) is 1.73. The van der Waals surface area contributed by atoms with Gasteiger partial charge in [0.25, 0.3) is 5.91 Å². The number of aliphatic hydroxyl groups is 1. The summed E-state index contributed by atoms with van der Waals surface area (Å²) >= 11 is 0. The van der Waals surface area contributed by atoms with E-state index in [2.05, 4.69) is 15.5 Å². The van der Waals surface area contributed by atoms with Crippen molar-refractivity contribution in [2.75, 3.05) is 19.8 Å². The average molecular weight is 279 g/mol. The average Bonchev–Trinajstić information content (AvgIpc) is 2.45. The molecule has 1 fully saturated rings. The Morgan fingerprint density at radius 2 is 2.15 bits per heavy atom. The minimum atomic E-state index is -0.865. The molecule has 0 atom stereocenters. The van der Waals surface area contributed by atoms with Crippen LogP contribution in [0.4, 0.5) is 0 Å². The predicted molar refractivity (Wildman–Crippen MR) is 73.5 cm³/mol. The number of aromatic nitrogens is 2. The van der Waals surface area contributed by atoms with Gasteiger partial charge in [0.15, 0.2) is 0 Å². The fourth-order valence-electron chi connectivity index (χ4n) is 2.24. The molecule has 0 aromatic carbocycles. The molecule has 1 aliphatic rings. The first-order chi connectivity index (χ1) is 9.54. The summed E-state index contributed by atoms with van der Waals surface area (Å²) in [6, 6.07) is 1.73. The molecule has 2 heterocycles. The number of amides is 1. The second-order valence-electron chi connectivity index (χ2n) is 5.22. The van der Waals surface area contributed by atoms with Crippen LogP contribution in [0.3, 0.4) is 0 Å². The number of ether oxygens (including phenoxy) is 1. The lowest BCUT2D eigenvalue weighted by atomic mass is 9.94. The number of rotatable bonds is 4. The Labute approximate surface area is 118 Å². The molecule has 0 radical (unpaired) electrons. The molecule has 0 bridgehead atoms. The second-order valence-corrected chi connectivity index (χ2v) is 5.22. The van der Waals surface area contributed by atoms with Gasteiger partial charge >= 0.3 is 0 Å². The van der Waals surface area contributed by atoms with Gasteiger partial charge in [-0.3, -0.25) is 4.79 Å². The van der Waals surface area contributed by atoms with Crippen LogP contribution in [0.5, 0.6) is 0 Å². The first kappa shape index (κ1) is 14.9. The van der Waals surface area contributed by atoms with E-state index in [1.165, 1.54) is 0 Å². The quantitative estimate of drug-likeness (QED) is 0.844. The minimum Gasteiger partial charge on any atom is -0.388 e. The zero-order chi connectivity index (χ0) is 14.6. The smallest absolute Gasteiger partial charge is 0.253 e. The maximum Gasteiger partial charge on any atom is 0.253 e. The lowest BCUT2D eigenvalue weighted by Crippen LogP contribution is -2.46. The van der Waals surface area contributed by atoms with Gasteiger partial charge in [-0.15, -0.1) is 0 Å². The summed E-state index contributed by atoms with van der Waals surface area (Å²) in [7, 11) is 0. The van der Waals surface area contributed by atoms with Crippen LogP contribution in [0.15, 0.2) is 6.07 Å². The van der Waals surface area contributed by atoms with Crippen LogP contribution in [0, 0.1) is 6.92 Å². The number of hydrogen-bond donors (Lipinski definition) is 2. The van der Waals surface area contributed by atoms with Crippen molar-refractivity contribution in [2.24, 2.45) is 0 Å². The highest BCUT2D eigenvalue weighted by Crippen LogP contribution is 2.19. The van der Waals surface area contributed by atoms with Gasteiger partial charge in [-0.2, -0.15) is 10.2 Å². The Morgan fingerprint density at radius 1 is 1.45 bits per heavy atom. The van der Waals surface area contributed by atoms with Crippen LogP contribution in [0.2, 0.25) is 0 Å². The molecule has 1 saturated heterocycles. The Kier molecular flexibility index (Phi) is 4.67. The predicted octanol–water partition coefficient (Wildman–Crippen LogP) is 0.619. The first-order valence-corrected chi connectivity index (χ1v) is 6.95. The van der Waals surface area contributed by atoms with Crippen LogP contribution in [0.1, 0.15) is 41.5 Å². The molecular weight excluding hydrogens is 258 g/mol. The lowest BCUT2D eigenvalue weighted by molar-refractivity contribution is -0.0605. The zero-order valence-corrected chi connectivity index (χ0v) is 12.0. The van der Waals surface area contributed by atoms with Gasteiger partial charge < -0.3 is 15.2 Å². The number of aryl methyl sites for hydroxylation is 2. The number of hydrogen-bond acceptors (Lipinski definition) is 5. The monoisotopic (exact) mass is 279 g/mol. The van der Waals surface area contributed by atoms with Gasteiger partial charge in [-0.05, 0) is 19.4 Å². The van der Waals surface area contributed by atoms with E-state index in [9.17, 15) is 9.90 Å². The summed E-state index contributed by atoms with van der Waals surface area (Å²) < 4.78 is 5.22. The van der Waals surface area contributed by atoms with Crippen molar-refractivity contribution in [1.82, 2.24) is 15.5 Å². The van der Waals surface area contributed by atoms with E-state index in [4.69, 9.17) is 4.74 Å². The molecule has 0 saturated carbocycles. The summed E-state index contributed by atoms with van der Waals surface area (Å²) in [4.78, 5) is 12.2. The van der Waals surface area contributed by atoms with Gasteiger partial charge in [0, 0.05) is 32.6 Å². The van der Waals surface area contributed by atoms with E-state index in [1.807, 2.05) is 6.92 Å². The van der Waals surface area contributed by atoms with Gasteiger partial charge in [-0.1, -0.05) is 6.92 Å². The van der Waals surface area contributed by atoms with E-state index in [0.29, 0.717) is 49.4 Å². The molecule has 1 aromatic heterocycles. The van der Waals surface area contributed by atoms with E-state index >= 15 is 0 Å². The maximum atomic E-state index is 12.2. The van der Waals surface area contributed by atoms with Crippen molar-refractivity contribution >= 4 is 5.91 Å². The fraction of sp³-hybridized carbons (Fsp3) is 0.643. The molecule has 110 valence electrons. The Balaban J connectivity index is 2.03. The molecule has 2 N–H and O–H groups in total. The van der Waals surface area contributed by atoms with Gasteiger partial charge in [-0.25, -0.2) is 0 Å². The standard InChI is InChI=1S/C14H21N3O3/c1-3-12-11(8-10(2)16-17-12)13(18)15-9-14(19)4-6-20-7-5-14/h8,19H,3-7,9H2,1-2H3,(H,15,18). The molecule has 1 aliphatic heterocycles. The maximum absolute atomic E-state index is 12.2. The topological polar surface area (TPSA) is 84.3 Å². The van der Waals surface area contributed by atoms with Crippen molar-refractivity contribution < 1.29 is 14.6 Å². The third-order valence-electron chi connectivity index (χ3n) is 3.57. The van der Waals surface area contributed by atoms with Crippen LogP contribution in [-0.2, 0) is 11.2 Å². The highest BCUT2D eigenvalue weighted by Gasteiger charge is 2.30. The zero-order valence-electron chi connectivity index (χ0n) is 12.0. The molecule has 6 nitrogen and oxygen atoms in total. The lowest BCUT2D eigenvalue weighted by Gasteiger charge is -2.32. The minimum absolute atomic E-state index is 0.209. The number of nitrogens with one attached hydrogen (secondary N) is 1. The number of carbonyl (C=O) groups is 1. The van der Waals surface area contributed by atoms with E-state index < -0.39 is 5.60 Å². The normalized spacial score (nSPS) is 17.8. The molecule has 6 heteroatoms. The summed E-state index contributed by atoms with van der Waals surface area (Å²) in [6.45, 7) is 5.03. The fourth-order valence-corrected chi connectivity index (χ4v) is 2.24. The molecule has 1 aromatic rings. The molecule has 0 spiro atoms. The Morgan fingerprint density at radius 3 is 2.80 bits per heavy atom. The third kappa shape index (κ3) is 3.52. The van der Waals surface area contributed by atoms with Crippen molar-refractivity contribution in [3.63, 3.8) is 0 Å². The van der Waals surface area contributed by atoms with Gasteiger partial charge in [0.05, 0.1) is 22.6 Å². The second kappa shape index (κ2) is 6.28. The van der Waals surface area contributed by atoms with E-state index in [0.717, 1.165) is 0 Å². The summed E-state index contributed by atoms with van der Waals surface area (Å²) in [5.74, 6) is -0.209. The van der Waals surface area contributed by atoms with Crippen molar-refractivity contribution in [1.29, 1.82) is 0 Å². The molecular formula is C14H21N3O3. The molecule has 0 aliphatic carbocycles.